The number of aliphatic hydroxyl groups excluding tert-OH is 1. The Morgan fingerprint density at radius 1 is 1.14 bits per heavy atom. The molecule has 1 aliphatic carbocycles. The van der Waals surface area contributed by atoms with Crippen LogP contribution < -0.4 is 4.74 Å². The highest BCUT2D eigenvalue weighted by Gasteiger charge is 2.55. The lowest BCUT2D eigenvalue weighted by Gasteiger charge is -2.22. The molecule has 4 heteroatoms. The second-order valence-corrected chi connectivity index (χ2v) is 7.15. The van der Waals surface area contributed by atoms with Crippen LogP contribution in [0.4, 0.5) is 0 Å². The minimum Gasteiger partial charge on any atom is -0.497 e. The fourth-order valence-corrected chi connectivity index (χ4v) is 4.26. The van der Waals surface area contributed by atoms with Crippen molar-refractivity contribution in [2.45, 2.75) is 28.6 Å². The van der Waals surface area contributed by atoms with E-state index in [-0.39, 0.29) is 0 Å². The van der Waals surface area contributed by atoms with E-state index in [0.717, 1.165) is 23.3 Å². The van der Waals surface area contributed by atoms with Crippen LogP contribution in [0, 0.1) is 0 Å². The molecule has 1 aliphatic rings. The smallest absolute Gasteiger partial charge is 0.119 e. The van der Waals surface area contributed by atoms with Gasteiger partial charge < -0.3 is 9.84 Å². The quantitative estimate of drug-likeness (QED) is 0.923. The third kappa shape index (κ3) is 2.61. The van der Waals surface area contributed by atoms with Crippen LogP contribution in [0.3, 0.4) is 0 Å². The minimum absolute atomic E-state index is 0.562. The second kappa shape index (κ2) is 5.62. The first-order chi connectivity index (χ1) is 10.2. The average Bonchev–Trinajstić information content (AvgIpc) is 3.36. The van der Waals surface area contributed by atoms with Crippen molar-refractivity contribution in [2.75, 3.05) is 7.11 Å². The predicted octanol–water partition coefficient (Wildman–Crippen LogP) is 3.07. The molecule has 2 atom stereocenters. The van der Waals surface area contributed by atoms with Gasteiger partial charge in [-0.3, -0.25) is 4.21 Å². The SMILES string of the molecule is COc1cccc([C@H](O)C2([S@@](=O)c3ccccc3)CC2)c1. The third-order valence-electron chi connectivity index (χ3n) is 3.98. The van der Waals surface area contributed by atoms with Gasteiger partial charge in [-0.2, -0.15) is 0 Å². The maximum Gasteiger partial charge on any atom is 0.119 e. The van der Waals surface area contributed by atoms with Crippen molar-refractivity contribution >= 4 is 10.8 Å². The lowest BCUT2D eigenvalue weighted by molar-refractivity contribution is 0.164. The molecule has 1 fully saturated rings. The van der Waals surface area contributed by atoms with E-state index in [1.807, 2.05) is 54.6 Å². The Morgan fingerprint density at radius 2 is 1.86 bits per heavy atom. The molecule has 0 radical (unpaired) electrons. The monoisotopic (exact) mass is 302 g/mol. The molecule has 1 N–H and O–H groups in total. The van der Waals surface area contributed by atoms with Crippen LogP contribution in [0.2, 0.25) is 0 Å². The molecule has 0 aliphatic heterocycles. The average molecular weight is 302 g/mol. The number of ether oxygens (including phenoxy) is 1. The summed E-state index contributed by atoms with van der Waals surface area (Å²) in [6.07, 6.45) is 0.799. The van der Waals surface area contributed by atoms with E-state index in [9.17, 15) is 9.32 Å². The topological polar surface area (TPSA) is 46.5 Å². The molecule has 0 bridgehead atoms. The van der Waals surface area contributed by atoms with Gasteiger partial charge in [0.25, 0.3) is 0 Å². The Hall–Kier alpha value is -1.65. The fraction of sp³-hybridized carbons (Fsp3) is 0.294. The van der Waals surface area contributed by atoms with Crippen molar-refractivity contribution in [3.63, 3.8) is 0 Å². The summed E-state index contributed by atoms with van der Waals surface area (Å²) in [4.78, 5) is 0.775. The van der Waals surface area contributed by atoms with E-state index in [1.54, 1.807) is 7.11 Å². The zero-order valence-electron chi connectivity index (χ0n) is 11.9. The first kappa shape index (κ1) is 14.3. The predicted molar refractivity (Wildman–Crippen MR) is 82.8 cm³/mol. The van der Waals surface area contributed by atoms with E-state index >= 15 is 0 Å². The van der Waals surface area contributed by atoms with Gasteiger partial charge in [0, 0.05) is 4.90 Å². The van der Waals surface area contributed by atoms with Gasteiger partial charge >= 0.3 is 0 Å². The largest absolute Gasteiger partial charge is 0.497 e. The zero-order chi connectivity index (χ0) is 14.9. The molecule has 3 nitrogen and oxygen atoms in total. The Labute approximate surface area is 127 Å². The fourth-order valence-electron chi connectivity index (χ4n) is 2.58. The van der Waals surface area contributed by atoms with Crippen LogP contribution in [0.25, 0.3) is 0 Å². The molecule has 2 aromatic carbocycles. The minimum atomic E-state index is -1.21. The molecule has 0 heterocycles. The van der Waals surface area contributed by atoms with Crippen molar-refractivity contribution in [3.8, 4) is 5.75 Å². The molecule has 3 rings (SSSR count). The van der Waals surface area contributed by atoms with Crippen molar-refractivity contribution in [1.29, 1.82) is 0 Å². The van der Waals surface area contributed by atoms with Crippen molar-refractivity contribution < 1.29 is 14.1 Å². The van der Waals surface area contributed by atoms with Crippen LogP contribution >= 0.6 is 0 Å². The maximum absolute atomic E-state index is 12.8. The summed E-state index contributed by atoms with van der Waals surface area (Å²) in [7, 11) is 0.385. The summed E-state index contributed by atoms with van der Waals surface area (Å²) in [5.41, 5.74) is 0.760. The number of rotatable bonds is 5. The Kier molecular flexibility index (Phi) is 3.83. The van der Waals surface area contributed by atoms with E-state index in [1.165, 1.54) is 0 Å². The Balaban J connectivity index is 1.90. The van der Waals surface area contributed by atoms with Crippen LogP contribution in [0.15, 0.2) is 59.5 Å². The number of methoxy groups -OCH3 is 1. The second-order valence-electron chi connectivity index (χ2n) is 5.33. The molecule has 1 saturated carbocycles. The maximum atomic E-state index is 12.8. The van der Waals surface area contributed by atoms with E-state index in [2.05, 4.69) is 0 Å². The molecule has 0 aromatic heterocycles. The Morgan fingerprint density at radius 3 is 2.48 bits per heavy atom. The van der Waals surface area contributed by atoms with Gasteiger partial charge in [-0.1, -0.05) is 30.3 Å². The van der Waals surface area contributed by atoms with Crippen molar-refractivity contribution in [3.05, 3.63) is 60.2 Å². The first-order valence-electron chi connectivity index (χ1n) is 6.96. The number of aliphatic hydroxyl groups is 1. The number of hydrogen-bond acceptors (Lipinski definition) is 3. The summed E-state index contributed by atoms with van der Waals surface area (Å²) in [6.45, 7) is 0. The van der Waals surface area contributed by atoms with Gasteiger partial charge in [0.15, 0.2) is 0 Å². The van der Waals surface area contributed by atoms with Crippen molar-refractivity contribution in [1.82, 2.24) is 0 Å². The highest BCUT2D eigenvalue weighted by Crippen LogP contribution is 2.53. The van der Waals surface area contributed by atoms with Crippen molar-refractivity contribution in [2.24, 2.45) is 0 Å². The van der Waals surface area contributed by atoms with Gasteiger partial charge in [0.05, 0.1) is 28.8 Å². The summed E-state index contributed by atoms with van der Waals surface area (Å²) in [5.74, 6) is 0.702. The molecule has 2 aromatic rings. The molecule has 0 unspecified atom stereocenters. The molecular weight excluding hydrogens is 284 g/mol. The van der Waals surface area contributed by atoms with E-state index in [0.29, 0.717) is 5.75 Å². The molecule has 0 spiro atoms. The van der Waals surface area contributed by atoms with E-state index < -0.39 is 21.7 Å². The summed E-state index contributed by atoms with van der Waals surface area (Å²) < 4.78 is 17.5. The molecule has 110 valence electrons. The van der Waals surface area contributed by atoms with Crippen LogP contribution in [0.1, 0.15) is 24.5 Å². The Bertz CT molecular complexity index is 650. The van der Waals surface area contributed by atoms with Gasteiger partial charge in [0.2, 0.25) is 0 Å². The highest BCUT2D eigenvalue weighted by molar-refractivity contribution is 7.86. The van der Waals surface area contributed by atoms with Gasteiger partial charge in [-0.15, -0.1) is 0 Å². The lowest BCUT2D eigenvalue weighted by atomic mass is 10.0. The molecule has 0 amide bonds. The normalized spacial score (nSPS) is 18.8. The summed E-state index contributed by atoms with van der Waals surface area (Å²) in [5, 5.41) is 10.7. The zero-order valence-corrected chi connectivity index (χ0v) is 12.7. The standard InChI is InChI=1S/C17H18O3S/c1-20-14-7-5-6-13(12-14)16(18)17(10-11-17)21(19)15-8-3-2-4-9-15/h2-9,12,16,18H,10-11H2,1H3/t16-,21-/m0/s1. The summed E-state index contributed by atoms with van der Waals surface area (Å²) in [6, 6.07) is 16.7. The third-order valence-corrected chi connectivity index (χ3v) is 6.05. The van der Waals surface area contributed by atoms with Crippen LogP contribution in [-0.4, -0.2) is 21.2 Å². The van der Waals surface area contributed by atoms with Gasteiger partial charge in [-0.25, -0.2) is 0 Å². The molecular formula is C17H18O3S. The summed E-state index contributed by atoms with van der Waals surface area (Å²) >= 11 is 0. The van der Waals surface area contributed by atoms with Gasteiger partial charge in [-0.05, 0) is 42.7 Å². The molecule has 21 heavy (non-hydrogen) atoms. The van der Waals surface area contributed by atoms with E-state index in [4.69, 9.17) is 4.74 Å². The number of benzene rings is 2. The van der Waals surface area contributed by atoms with Gasteiger partial charge in [0.1, 0.15) is 5.75 Å². The highest BCUT2D eigenvalue weighted by atomic mass is 32.2. The number of hydrogen-bond donors (Lipinski definition) is 1. The first-order valence-corrected chi connectivity index (χ1v) is 8.11. The molecule has 0 saturated heterocycles. The lowest BCUT2D eigenvalue weighted by Crippen LogP contribution is -2.26. The van der Waals surface area contributed by atoms with Crippen LogP contribution in [-0.2, 0) is 10.8 Å². The van der Waals surface area contributed by atoms with Crippen LogP contribution in [0.5, 0.6) is 5.75 Å².